The number of carbonyl (C=O) groups excluding carboxylic acids is 1. The van der Waals surface area contributed by atoms with Crippen LogP contribution in [0.15, 0.2) is 47.6 Å². The number of hydrazone groups is 1. The molecule has 0 aromatic heterocycles. The molecule has 0 N–H and O–H groups in total. The van der Waals surface area contributed by atoms with Crippen LogP contribution in [0.4, 0.5) is 0 Å². The van der Waals surface area contributed by atoms with E-state index in [1.54, 1.807) is 23.2 Å². The van der Waals surface area contributed by atoms with Crippen LogP contribution < -0.4 is 0 Å². The summed E-state index contributed by atoms with van der Waals surface area (Å²) in [5.74, 6) is -0.00130. The first-order valence-corrected chi connectivity index (χ1v) is 10.2. The highest BCUT2D eigenvalue weighted by molar-refractivity contribution is 6.36. The highest BCUT2D eigenvalue weighted by Crippen LogP contribution is 2.25. The third-order valence-electron chi connectivity index (χ3n) is 4.75. The normalized spacial score (nSPS) is 13.9. The van der Waals surface area contributed by atoms with Crippen LogP contribution >= 0.6 is 23.2 Å². The lowest BCUT2D eigenvalue weighted by Crippen LogP contribution is -2.25. The fourth-order valence-electron chi connectivity index (χ4n) is 3.31. The van der Waals surface area contributed by atoms with E-state index in [1.165, 1.54) is 5.56 Å². The monoisotopic (exact) mass is 417 g/mol. The maximum atomic E-state index is 12.7. The van der Waals surface area contributed by atoms with Crippen molar-refractivity contribution in [2.45, 2.75) is 25.7 Å². The zero-order valence-corrected chi connectivity index (χ0v) is 17.8. The second-order valence-electron chi connectivity index (χ2n) is 7.34. The number of carbonyl (C=O) groups is 1. The SMILES string of the molecule is CN(C)CCCc1cccc(CC(=O)N2CCC(c3cc(Cl)ccc3Cl)=N2)c1. The topological polar surface area (TPSA) is 35.9 Å². The van der Waals surface area contributed by atoms with E-state index >= 15 is 0 Å². The molecular formula is C22H25Cl2N3O. The Kier molecular flexibility index (Phi) is 7.11. The van der Waals surface area contributed by atoms with Gasteiger partial charge in [-0.15, -0.1) is 0 Å². The maximum Gasteiger partial charge on any atom is 0.247 e. The predicted molar refractivity (Wildman–Crippen MR) is 116 cm³/mol. The summed E-state index contributed by atoms with van der Waals surface area (Å²) in [4.78, 5) is 14.9. The van der Waals surface area contributed by atoms with Gasteiger partial charge in [0, 0.05) is 22.0 Å². The minimum absolute atomic E-state index is 0.00130. The first-order chi connectivity index (χ1) is 13.4. The highest BCUT2D eigenvalue weighted by atomic mass is 35.5. The number of hydrogen-bond acceptors (Lipinski definition) is 3. The Morgan fingerprint density at radius 2 is 1.93 bits per heavy atom. The second-order valence-corrected chi connectivity index (χ2v) is 8.18. The molecule has 3 rings (SSSR count). The van der Waals surface area contributed by atoms with Crippen LogP contribution in [0.25, 0.3) is 0 Å². The van der Waals surface area contributed by atoms with Crippen LogP contribution in [0.2, 0.25) is 10.0 Å². The van der Waals surface area contributed by atoms with E-state index < -0.39 is 0 Å². The Hall–Kier alpha value is -1.88. The third kappa shape index (κ3) is 5.57. The van der Waals surface area contributed by atoms with Gasteiger partial charge in [0.05, 0.1) is 18.7 Å². The molecule has 2 aromatic carbocycles. The molecule has 0 aliphatic carbocycles. The van der Waals surface area contributed by atoms with E-state index in [1.807, 2.05) is 12.1 Å². The predicted octanol–water partition coefficient (Wildman–Crippen LogP) is 4.67. The molecule has 0 spiro atoms. The number of halogens is 2. The molecule has 0 bridgehead atoms. The van der Waals surface area contributed by atoms with Gasteiger partial charge in [0.15, 0.2) is 0 Å². The van der Waals surface area contributed by atoms with Gasteiger partial charge in [-0.05, 0) is 62.8 Å². The van der Waals surface area contributed by atoms with Crippen molar-refractivity contribution >= 4 is 34.8 Å². The Bertz CT molecular complexity index is 880. The average molecular weight is 418 g/mol. The van der Waals surface area contributed by atoms with Gasteiger partial charge >= 0.3 is 0 Å². The molecule has 0 saturated heterocycles. The number of amides is 1. The van der Waals surface area contributed by atoms with Crippen molar-refractivity contribution < 1.29 is 4.79 Å². The average Bonchev–Trinajstić information content (AvgIpc) is 3.14. The minimum atomic E-state index is -0.00130. The fraction of sp³-hybridized carbons (Fsp3) is 0.364. The lowest BCUT2D eigenvalue weighted by Gasteiger charge is -2.12. The molecule has 28 heavy (non-hydrogen) atoms. The number of aryl methyl sites for hydroxylation is 1. The van der Waals surface area contributed by atoms with Gasteiger partial charge in [0.1, 0.15) is 0 Å². The van der Waals surface area contributed by atoms with Crippen molar-refractivity contribution in [3.05, 3.63) is 69.2 Å². The molecule has 1 heterocycles. The van der Waals surface area contributed by atoms with Gasteiger partial charge in [0.25, 0.3) is 0 Å². The van der Waals surface area contributed by atoms with E-state index in [0.29, 0.717) is 29.4 Å². The summed E-state index contributed by atoms with van der Waals surface area (Å²) >= 11 is 12.3. The van der Waals surface area contributed by atoms with Crippen LogP contribution in [-0.4, -0.2) is 48.7 Å². The van der Waals surface area contributed by atoms with E-state index in [9.17, 15) is 4.79 Å². The van der Waals surface area contributed by atoms with Gasteiger partial charge in [-0.1, -0.05) is 47.5 Å². The summed E-state index contributed by atoms with van der Waals surface area (Å²) in [5.41, 5.74) is 3.89. The quantitative estimate of drug-likeness (QED) is 0.656. The van der Waals surface area contributed by atoms with Crippen molar-refractivity contribution in [3.63, 3.8) is 0 Å². The molecule has 1 aliphatic heterocycles. The standard InChI is InChI=1S/C22H25Cl2N3O/c1-26(2)11-4-7-16-5-3-6-17(13-16)14-22(28)27-12-10-21(25-27)19-15-18(23)8-9-20(19)24/h3,5-6,8-9,13,15H,4,7,10-12,14H2,1-2H3. The molecule has 1 amide bonds. The van der Waals surface area contributed by atoms with Crippen LogP contribution in [0, 0.1) is 0 Å². The minimum Gasteiger partial charge on any atom is -0.309 e. The van der Waals surface area contributed by atoms with E-state index in [4.69, 9.17) is 23.2 Å². The van der Waals surface area contributed by atoms with Crippen LogP contribution in [0.3, 0.4) is 0 Å². The van der Waals surface area contributed by atoms with Crippen molar-refractivity contribution in [3.8, 4) is 0 Å². The molecule has 0 atom stereocenters. The van der Waals surface area contributed by atoms with Crippen molar-refractivity contribution in [1.82, 2.24) is 9.91 Å². The molecule has 6 heteroatoms. The zero-order chi connectivity index (χ0) is 20.1. The van der Waals surface area contributed by atoms with Crippen LogP contribution in [0.5, 0.6) is 0 Å². The fourth-order valence-corrected chi connectivity index (χ4v) is 3.70. The van der Waals surface area contributed by atoms with Gasteiger partial charge in [-0.3, -0.25) is 4.79 Å². The van der Waals surface area contributed by atoms with E-state index in [-0.39, 0.29) is 5.91 Å². The van der Waals surface area contributed by atoms with Gasteiger partial charge < -0.3 is 4.90 Å². The summed E-state index contributed by atoms with van der Waals surface area (Å²) in [6.07, 6.45) is 3.14. The smallest absolute Gasteiger partial charge is 0.247 e. The maximum absolute atomic E-state index is 12.7. The number of nitrogens with zero attached hydrogens (tertiary/aromatic N) is 3. The molecular weight excluding hydrogens is 393 g/mol. The lowest BCUT2D eigenvalue weighted by atomic mass is 10.0. The zero-order valence-electron chi connectivity index (χ0n) is 16.3. The molecule has 4 nitrogen and oxygen atoms in total. The second kappa shape index (κ2) is 9.55. The Balaban J connectivity index is 1.64. The molecule has 0 saturated carbocycles. The third-order valence-corrected chi connectivity index (χ3v) is 5.31. The number of benzene rings is 2. The molecule has 2 aromatic rings. The first-order valence-electron chi connectivity index (χ1n) is 9.48. The molecule has 0 fully saturated rings. The summed E-state index contributed by atoms with van der Waals surface area (Å²) < 4.78 is 0. The van der Waals surface area contributed by atoms with Crippen molar-refractivity contribution in [1.29, 1.82) is 0 Å². The van der Waals surface area contributed by atoms with Crippen molar-refractivity contribution in [2.24, 2.45) is 5.10 Å². The first kappa shape index (κ1) is 20.8. The highest BCUT2D eigenvalue weighted by Gasteiger charge is 2.23. The lowest BCUT2D eigenvalue weighted by molar-refractivity contribution is -0.130. The number of rotatable bonds is 7. The van der Waals surface area contributed by atoms with E-state index in [0.717, 1.165) is 36.2 Å². The summed E-state index contributed by atoms with van der Waals surface area (Å²) in [6.45, 7) is 1.63. The van der Waals surface area contributed by atoms with Gasteiger partial charge in [-0.25, -0.2) is 5.01 Å². The van der Waals surface area contributed by atoms with Crippen LogP contribution in [0.1, 0.15) is 29.5 Å². The molecule has 1 aliphatic rings. The summed E-state index contributed by atoms with van der Waals surface area (Å²) in [5, 5.41) is 7.26. The van der Waals surface area contributed by atoms with Gasteiger partial charge in [0.2, 0.25) is 5.91 Å². The Morgan fingerprint density at radius 1 is 1.14 bits per heavy atom. The van der Waals surface area contributed by atoms with Crippen LogP contribution in [-0.2, 0) is 17.6 Å². The summed E-state index contributed by atoms with van der Waals surface area (Å²) in [6, 6.07) is 13.6. The van der Waals surface area contributed by atoms with Crippen molar-refractivity contribution in [2.75, 3.05) is 27.2 Å². The number of hydrogen-bond donors (Lipinski definition) is 0. The van der Waals surface area contributed by atoms with E-state index in [2.05, 4.69) is 36.2 Å². The largest absolute Gasteiger partial charge is 0.309 e. The molecule has 148 valence electrons. The molecule has 0 radical (unpaired) electrons. The molecule has 0 unspecified atom stereocenters. The summed E-state index contributed by atoms with van der Waals surface area (Å²) in [7, 11) is 4.16. The van der Waals surface area contributed by atoms with Gasteiger partial charge in [-0.2, -0.15) is 5.10 Å². The Morgan fingerprint density at radius 3 is 2.71 bits per heavy atom. The Labute approximate surface area is 176 Å².